The molecule has 6 rings (SSSR count). The van der Waals surface area contributed by atoms with Gasteiger partial charge < -0.3 is 10.4 Å². The summed E-state index contributed by atoms with van der Waals surface area (Å²) >= 11 is 6.51. The van der Waals surface area contributed by atoms with Gasteiger partial charge in [0.15, 0.2) is 5.78 Å². The number of carbonyl (C=O) groups excluding carboxylic acids is 1. The van der Waals surface area contributed by atoms with Crippen LogP contribution in [0.3, 0.4) is 0 Å². The minimum absolute atomic E-state index is 0.0506. The van der Waals surface area contributed by atoms with Crippen LogP contribution in [0.2, 0.25) is 5.02 Å². The van der Waals surface area contributed by atoms with Crippen molar-refractivity contribution in [2.24, 2.45) is 17.3 Å². The number of rotatable bonds is 6. The van der Waals surface area contributed by atoms with Crippen molar-refractivity contribution in [3.8, 4) is 0 Å². The lowest BCUT2D eigenvalue weighted by molar-refractivity contribution is -0.151. The van der Waals surface area contributed by atoms with Gasteiger partial charge in [0.05, 0.1) is 23.8 Å². The summed E-state index contributed by atoms with van der Waals surface area (Å²) in [7, 11) is 0. The largest absolute Gasteiger partial charge is 0.481 e. The van der Waals surface area contributed by atoms with Crippen molar-refractivity contribution in [1.82, 2.24) is 9.78 Å². The molecule has 1 aromatic heterocycles. The highest BCUT2D eigenvalue weighted by atomic mass is 35.5. The van der Waals surface area contributed by atoms with E-state index in [1.54, 1.807) is 35.1 Å². The Labute approximate surface area is 190 Å². The van der Waals surface area contributed by atoms with E-state index in [0.717, 1.165) is 32.1 Å². The second kappa shape index (κ2) is 7.44. The second-order valence-corrected chi connectivity index (χ2v) is 10.5. The standard InChI is InChI=1S/C24H26ClN3O4/c1-14(29)17-3-2-4-18(6-17)27-19-12-26-28(22(32)21(19)25)24-9-15-5-16(10-24)8-23(7-15,13-24)11-20(30)31/h2-4,6,12,15-16,27H,5,7-11,13H2,1H3,(H,30,31). The molecule has 4 aliphatic rings. The van der Waals surface area contributed by atoms with E-state index in [4.69, 9.17) is 11.6 Å². The van der Waals surface area contributed by atoms with Crippen molar-refractivity contribution in [3.63, 3.8) is 0 Å². The Hall–Kier alpha value is -2.67. The predicted octanol–water partition coefficient (Wildman–Crippen LogP) is 4.61. The molecule has 2 unspecified atom stereocenters. The number of aromatic nitrogens is 2. The van der Waals surface area contributed by atoms with Gasteiger partial charge in [0.25, 0.3) is 5.56 Å². The molecule has 0 radical (unpaired) electrons. The Balaban J connectivity index is 1.48. The number of benzene rings is 1. The Kier molecular flexibility index (Phi) is 4.93. The summed E-state index contributed by atoms with van der Waals surface area (Å²) in [6.45, 7) is 1.50. The van der Waals surface area contributed by atoms with Gasteiger partial charge >= 0.3 is 5.97 Å². The molecule has 4 aliphatic carbocycles. The SMILES string of the molecule is CC(=O)c1cccc(Nc2cnn(C34CC5CC(CC(CC(=O)O)(C5)C3)C4)c(=O)c2Cl)c1. The van der Waals surface area contributed by atoms with Crippen LogP contribution in [-0.4, -0.2) is 26.6 Å². The van der Waals surface area contributed by atoms with E-state index in [9.17, 15) is 19.5 Å². The van der Waals surface area contributed by atoms with Crippen molar-refractivity contribution in [2.45, 2.75) is 57.4 Å². The fourth-order valence-electron chi connectivity index (χ4n) is 7.01. The van der Waals surface area contributed by atoms with Crippen LogP contribution in [-0.2, 0) is 10.3 Å². The van der Waals surface area contributed by atoms with E-state index in [-0.39, 0.29) is 28.2 Å². The molecule has 2 atom stereocenters. The molecular weight excluding hydrogens is 430 g/mol. The van der Waals surface area contributed by atoms with Crippen molar-refractivity contribution in [2.75, 3.05) is 5.32 Å². The van der Waals surface area contributed by atoms with Gasteiger partial charge in [-0.05, 0) is 74.8 Å². The van der Waals surface area contributed by atoms with Crippen LogP contribution in [0.1, 0.15) is 62.2 Å². The van der Waals surface area contributed by atoms with E-state index in [2.05, 4.69) is 10.4 Å². The van der Waals surface area contributed by atoms with Crippen LogP contribution in [0, 0.1) is 17.3 Å². The Morgan fingerprint density at radius 3 is 2.62 bits per heavy atom. The van der Waals surface area contributed by atoms with Gasteiger partial charge in [0.2, 0.25) is 0 Å². The zero-order chi connectivity index (χ0) is 22.7. The van der Waals surface area contributed by atoms with Crippen molar-refractivity contribution in [1.29, 1.82) is 0 Å². The maximum Gasteiger partial charge on any atom is 0.303 e. The number of hydrogen-bond acceptors (Lipinski definition) is 5. The molecule has 1 aromatic carbocycles. The van der Waals surface area contributed by atoms with Crippen molar-refractivity contribution < 1.29 is 14.7 Å². The van der Waals surface area contributed by atoms with Gasteiger partial charge in [-0.1, -0.05) is 23.7 Å². The zero-order valence-electron chi connectivity index (χ0n) is 17.9. The number of aliphatic carboxylic acids is 1. The lowest BCUT2D eigenvalue weighted by Gasteiger charge is -2.61. The number of nitrogens with zero attached hydrogens (tertiary/aromatic N) is 2. The molecule has 7 nitrogen and oxygen atoms in total. The minimum atomic E-state index is -0.771. The number of hydrogen-bond donors (Lipinski definition) is 2. The Morgan fingerprint density at radius 1 is 1.25 bits per heavy atom. The molecule has 0 amide bonds. The molecule has 0 saturated heterocycles. The summed E-state index contributed by atoms with van der Waals surface area (Å²) in [5.41, 5.74) is 0.518. The molecule has 168 valence electrons. The molecule has 4 fully saturated rings. The molecule has 8 heteroatoms. The third-order valence-electron chi connectivity index (χ3n) is 7.59. The normalized spacial score (nSPS) is 30.3. The first-order chi connectivity index (χ1) is 15.2. The van der Waals surface area contributed by atoms with E-state index in [1.165, 1.54) is 6.92 Å². The zero-order valence-corrected chi connectivity index (χ0v) is 18.7. The number of carboxylic acid groups (broad SMARTS) is 1. The van der Waals surface area contributed by atoms with Crippen LogP contribution in [0.4, 0.5) is 11.4 Å². The van der Waals surface area contributed by atoms with Crippen LogP contribution in [0.5, 0.6) is 0 Å². The third-order valence-corrected chi connectivity index (χ3v) is 7.96. The first kappa shape index (κ1) is 21.2. The van der Waals surface area contributed by atoms with Crippen LogP contribution < -0.4 is 10.9 Å². The number of halogens is 1. The first-order valence-corrected chi connectivity index (χ1v) is 11.4. The van der Waals surface area contributed by atoms with Gasteiger partial charge in [0, 0.05) is 11.3 Å². The molecular formula is C24H26ClN3O4. The summed E-state index contributed by atoms with van der Waals surface area (Å²) in [5, 5.41) is 17.2. The van der Waals surface area contributed by atoms with Gasteiger partial charge in [-0.2, -0.15) is 5.10 Å². The van der Waals surface area contributed by atoms with Crippen LogP contribution in [0.25, 0.3) is 0 Å². The average Bonchev–Trinajstić information content (AvgIpc) is 2.69. The van der Waals surface area contributed by atoms with Crippen LogP contribution in [0.15, 0.2) is 35.3 Å². The molecule has 32 heavy (non-hydrogen) atoms. The lowest BCUT2D eigenvalue weighted by Crippen LogP contribution is -2.59. The number of carboxylic acids is 1. The summed E-state index contributed by atoms with van der Waals surface area (Å²) in [5.74, 6) is 0.0311. The molecule has 2 N–H and O–H groups in total. The summed E-state index contributed by atoms with van der Waals surface area (Å²) in [6, 6.07) is 6.99. The fourth-order valence-corrected chi connectivity index (χ4v) is 7.18. The van der Waals surface area contributed by atoms with Gasteiger partial charge in [-0.3, -0.25) is 14.4 Å². The molecule has 1 heterocycles. The monoisotopic (exact) mass is 455 g/mol. The van der Waals surface area contributed by atoms with E-state index in [0.29, 0.717) is 35.2 Å². The van der Waals surface area contributed by atoms with E-state index >= 15 is 0 Å². The Morgan fingerprint density at radius 2 is 1.97 bits per heavy atom. The lowest BCUT2D eigenvalue weighted by atomic mass is 9.46. The number of ketones is 1. The molecule has 4 saturated carbocycles. The highest BCUT2D eigenvalue weighted by Crippen LogP contribution is 2.65. The average molecular weight is 456 g/mol. The third kappa shape index (κ3) is 3.52. The fraction of sp³-hybridized carbons (Fsp3) is 0.500. The molecule has 0 spiro atoms. The summed E-state index contributed by atoms with van der Waals surface area (Å²) < 4.78 is 1.54. The quantitative estimate of drug-likeness (QED) is 0.616. The summed E-state index contributed by atoms with van der Waals surface area (Å²) in [6.07, 6.45) is 7.03. The van der Waals surface area contributed by atoms with Gasteiger partial charge in [0.1, 0.15) is 5.02 Å². The molecule has 4 bridgehead atoms. The highest BCUT2D eigenvalue weighted by molar-refractivity contribution is 6.33. The topological polar surface area (TPSA) is 101 Å². The van der Waals surface area contributed by atoms with Crippen molar-refractivity contribution in [3.05, 3.63) is 51.4 Å². The minimum Gasteiger partial charge on any atom is -0.481 e. The van der Waals surface area contributed by atoms with Gasteiger partial charge in [-0.25, -0.2) is 4.68 Å². The number of Topliss-reactive ketones (excluding diaryl/α,β-unsaturated/α-hetero) is 1. The van der Waals surface area contributed by atoms with Gasteiger partial charge in [-0.15, -0.1) is 0 Å². The molecule has 2 aromatic rings. The second-order valence-electron chi connectivity index (χ2n) is 10.1. The van der Waals surface area contributed by atoms with Crippen LogP contribution >= 0.6 is 11.6 Å². The predicted molar refractivity (Wildman–Crippen MR) is 121 cm³/mol. The highest BCUT2D eigenvalue weighted by Gasteiger charge is 2.59. The maximum absolute atomic E-state index is 13.4. The summed E-state index contributed by atoms with van der Waals surface area (Å²) in [4.78, 5) is 36.6. The first-order valence-electron chi connectivity index (χ1n) is 11.1. The number of anilines is 2. The maximum atomic E-state index is 13.4. The van der Waals surface area contributed by atoms with E-state index in [1.807, 2.05) is 0 Å². The number of nitrogens with one attached hydrogen (secondary N) is 1. The Bertz CT molecular complexity index is 1160. The van der Waals surface area contributed by atoms with E-state index < -0.39 is 11.5 Å². The number of carbonyl (C=O) groups is 2. The van der Waals surface area contributed by atoms with Crippen molar-refractivity contribution >= 4 is 34.7 Å². The smallest absolute Gasteiger partial charge is 0.303 e. The molecule has 0 aliphatic heterocycles.